The van der Waals surface area contributed by atoms with Crippen molar-refractivity contribution in [3.05, 3.63) is 204 Å². The van der Waals surface area contributed by atoms with E-state index in [1.165, 1.54) is 134 Å². The number of benzene rings is 10. The Hall–Kier alpha value is -6.76. The summed E-state index contributed by atoms with van der Waals surface area (Å²) in [7, 11) is 0. The monoisotopic (exact) mass is 784 g/mol. The summed E-state index contributed by atoms with van der Waals surface area (Å²) in [5.74, 6) is 0. The van der Waals surface area contributed by atoms with Gasteiger partial charge in [0.25, 0.3) is 0 Å². The van der Waals surface area contributed by atoms with Gasteiger partial charge in [0.2, 0.25) is 0 Å². The zero-order valence-electron chi connectivity index (χ0n) is 36.2. The molecule has 0 atom stereocenters. The minimum absolute atomic E-state index is 0.119. The summed E-state index contributed by atoms with van der Waals surface area (Å²) in [5.41, 5.74) is 18.1. The number of rotatable bonds is 5. The van der Waals surface area contributed by atoms with Crippen LogP contribution in [0.25, 0.3) is 98.7 Å². The molecule has 61 heavy (non-hydrogen) atoms. The third kappa shape index (κ3) is 6.28. The van der Waals surface area contributed by atoms with E-state index in [0.29, 0.717) is 0 Å². The highest BCUT2D eigenvalue weighted by Crippen LogP contribution is 2.55. The van der Waals surface area contributed by atoms with Crippen LogP contribution in [0.4, 0.5) is 0 Å². The van der Waals surface area contributed by atoms with Crippen LogP contribution in [0.3, 0.4) is 0 Å². The van der Waals surface area contributed by atoms with E-state index in [2.05, 4.69) is 224 Å². The Morgan fingerprint density at radius 3 is 1.34 bits per heavy atom. The summed E-state index contributed by atoms with van der Waals surface area (Å²) in [6.07, 6.45) is 2.64. The van der Waals surface area contributed by atoms with Crippen LogP contribution in [0.1, 0.15) is 62.8 Å². The van der Waals surface area contributed by atoms with Crippen LogP contribution in [-0.4, -0.2) is 0 Å². The van der Waals surface area contributed by atoms with Crippen LogP contribution in [0.15, 0.2) is 182 Å². The van der Waals surface area contributed by atoms with Gasteiger partial charge in [-0.05, 0) is 153 Å². The topological polar surface area (TPSA) is 0 Å². The van der Waals surface area contributed by atoms with Crippen molar-refractivity contribution in [1.29, 1.82) is 0 Å². The highest BCUT2D eigenvalue weighted by atomic mass is 14.4. The molecular formula is C61H52. The number of hydrogen-bond donors (Lipinski definition) is 0. The predicted molar refractivity (Wildman–Crippen MR) is 266 cm³/mol. The number of hydrogen-bond acceptors (Lipinski definition) is 0. The van der Waals surface area contributed by atoms with Crippen LogP contribution in [0.2, 0.25) is 0 Å². The van der Waals surface area contributed by atoms with Crippen molar-refractivity contribution >= 4 is 43.1 Å². The van der Waals surface area contributed by atoms with Crippen molar-refractivity contribution in [2.75, 3.05) is 0 Å². The summed E-state index contributed by atoms with van der Waals surface area (Å²) in [6, 6.07) is 68.1. The lowest BCUT2D eigenvalue weighted by Gasteiger charge is -2.24. The maximum absolute atomic E-state index is 2.46. The summed E-state index contributed by atoms with van der Waals surface area (Å²) in [4.78, 5) is 0. The van der Waals surface area contributed by atoms with E-state index in [-0.39, 0.29) is 5.41 Å². The Labute approximate surface area is 361 Å². The molecule has 0 unspecified atom stereocenters. The fraction of sp³-hybridized carbons (Fsp3) is 0.148. The second-order valence-electron chi connectivity index (χ2n) is 17.5. The molecule has 0 spiro atoms. The van der Waals surface area contributed by atoms with Crippen LogP contribution in [0, 0.1) is 13.8 Å². The highest BCUT2D eigenvalue weighted by molar-refractivity contribution is 6.22. The Morgan fingerprint density at radius 2 is 0.754 bits per heavy atom. The number of aryl methyl sites for hydroxylation is 2. The third-order valence-electron chi connectivity index (χ3n) is 13.4. The molecule has 0 heterocycles. The second kappa shape index (κ2) is 15.4. The Morgan fingerprint density at radius 1 is 0.328 bits per heavy atom. The molecule has 0 heteroatoms. The van der Waals surface area contributed by atoms with Crippen LogP contribution < -0.4 is 0 Å². The zero-order chi connectivity index (χ0) is 41.8. The van der Waals surface area contributed by atoms with Gasteiger partial charge in [-0.25, -0.2) is 0 Å². The van der Waals surface area contributed by atoms with E-state index in [9.17, 15) is 0 Å². The van der Waals surface area contributed by atoms with Gasteiger partial charge in [0, 0.05) is 5.41 Å². The van der Waals surface area contributed by atoms with Crippen molar-refractivity contribution in [1.82, 2.24) is 0 Å². The quantitative estimate of drug-likeness (QED) is 0.120. The summed E-state index contributed by atoms with van der Waals surface area (Å²) >= 11 is 0. The molecule has 0 nitrogen and oxygen atoms in total. The van der Waals surface area contributed by atoms with E-state index >= 15 is 0 Å². The first-order chi connectivity index (χ1) is 29.8. The molecule has 11 rings (SSSR count). The zero-order valence-corrected chi connectivity index (χ0v) is 36.2. The third-order valence-corrected chi connectivity index (χ3v) is 13.4. The van der Waals surface area contributed by atoms with Gasteiger partial charge >= 0.3 is 0 Å². The molecule has 0 fully saturated rings. The normalized spacial score (nSPS) is 12.7. The molecular weight excluding hydrogens is 733 g/mol. The van der Waals surface area contributed by atoms with Gasteiger partial charge in [-0.15, -0.1) is 0 Å². The first kappa shape index (κ1) is 38.4. The van der Waals surface area contributed by atoms with Gasteiger partial charge < -0.3 is 0 Å². The lowest BCUT2D eigenvalue weighted by Crippen LogP contribution is -2.15. The molecule has 10 aromatic rings. The van der Waals surface area contributed by atoms with Crippen LogP contribution >= 0.6 is 0 Å². The van der Waals surface area contributed by atoms with Gasteiger partial charge in [0.05, 0.1) is 0 Å². The average molecular weight is 785 g/mol. The molecule has 0 bridgehead atoms. The molecule has 1 aliphatic carbocycles. The molecule has 0 saturated carbocycles. The number of unbranched alkanes of at least 4 members (excludes halogenated alkanes) is 1. The lowest BCUT2D eigenvalue weighted by molar-refractivity contribution is 0.666. The smallest absolute Gasteiger partial charge is 0.0165 e. The van der Waals surface area contributed by atoms with E-state index in [4.69, 9.17) is 0 Å². The van der Waals surface area contributed by atoms with Gasteiger partial charge in [-0.1, -0.05) is 204 Å². The molecule has 296 valence electrons. The molecule has 0 radical (unpaired) electrons. The SMILES string of the molecule is CCCC.Cc1ccccc1-c1cc(-c2c3ccccc3c(-c3cccc(-c4ccc5c(c4)-c4c(c6ccccc6c6ccccc46)C5(C)C)c3)c3ccccc23)ccc1C. The first-order valence-electron chi connectivity index (χ1n) is 22.1. The van der Waals surface area contributed by atoms with Gasteiger partial charge in [0.15, 0.2) is 0 Å². The van der Waals surface area contributed by atoms with Crippen LogP contribution in [-0.2, 0) is 5.41 Å². The van der Waals surface area contributed by atoms with Crippen molar-refractivity contribution in [3.8, 4) is 55.6 Å². The fourth-order valence-corrected chi connectivity index (χ4v) is 10.2. The predicted octanol–water partition coefficient (Wildman–Crippen LogP) is 17.7. The molecule has 1 aliphatic rings. The van der Waals surface area contributed by atoms with Crippen molar-refractivity contribution in [2.24, 2.45) is 0 Å². The van der Waals surface area contributed by atoms with Crippen LogP contribution in [0.5, 0.6) is 0 Å². The summed E-state index contributed by atoms with van der Waals surface area (Å²) < 4.78 is 0. The van der Waals surface area contributed by atoms with Gasteiger partial charge in [-0.2, -0.15) is 0 Å². The molecule has 10 aromatic carbocycles. The molecule has 0 amide bonds. The molecule has 0 aromatic heterocycles. The minimum Gasteiger partial charge on any atom is -0.0654 e. The molecule has 0 aliphatic heterocycles. The lowest BCUT2D eigenvalue weighted by atomic mass is 9.79. The average Bonchev–Trinajstić information content (AvgIpc) is 3.55. The first-order valence-corrected chi connectivity index (χ1v) is 22.1. The summed E-state index contributed by atoms with van der Waals surface area (Å²) in [6.45, 7) is 13.6. The van der Waals surface area contributed by atoms with Crippen molar-refractivity contribution in [3.63, 3.8) is 0 Å². The number of fused-ring (bicyclic) bond motifs is 10. The minimum atomic E-state index is -0.119. The second-order valence-corrected chi connectivity index (χ2v) is 17.5. The van der Waals surface area contributed by atoms with Crippen molar-refractivity contribution < 1.29 is 0 Å². The highest BCUT2D eigenvalue weighted by Gasteiger charge is 2.38. The maximum Gasteiger partial charge on any atom is 0.0165 e. The summed E-state index contributed by atoms with van der Waals surface area (Å²) in [5, 5.41) is 10.4. The Bertz CT molecular complexity index is 3260. The Balaban J connectivity index is 0.00000107. The fourth-order valence-electron chi connectivity index (χ4n) is 10.2. The van der Waals surface area contributed by atoms with Gasteiger partial charge in [0.1, 0.15) is 0 Å². The standard InChI is InChI=1S/C57H42.C4H10/c1-35-16-5-6-19-41(35)50-34-40(29-28-36(50)2)54-47-25-12-10-23-45(47)53(46-24-11-13-26-48(46)54)39-18-15-17-37(32-39)38-30-31-52-51(33-38)55-44-22-9-7-20-42(44)43-21-8-14-27-49(43)56(55)57(52,3)4;1-3-4-2/h5-34H,1-4H3;3-4H2,1-2H3. The van der Waals surface area contributed by atoms with E-state index < -0.39 is 0 Å². The largest absolute Gasteiger partial charge is 0.0654 e. The molecule has 0 N–H and O–H groups in total. The Kier molecular flexibility index (Phi) is 9.68. The maximum atomic E-state index is 2.46. The van der Waals surface area contributed by atoms with E-state index in [1.54, 1.807) is 0 Å². The van der Waals surface area contributed by atoms with Crippen molar-refractivity contribution in [2.45, 2.75) is 59.8 Å². The van der Waals surface area contributed by atoms with E-state index in [1.807, 2.05) is 0 Å². The van der Waals surface area contributed by atoms with Gasteiger partial charge in [-0.3, -0.25) is 0 Å². The van der Waals surface area contributed by atoms with E-state index in [0.717, 1.165) is 0 Å². The molecule has 0 saturated heterocycles.